The van der Waals surface area contributed by atoms with Gasteiger partial charge in [0.1, 0.15) is 18.4 Å². The Labute approximate surface area is 238 Å². The maximum atomic E-state index is 13.6. The summed E-state index contributed by atoms with van der Waals surface area (Å²) in [5.41, 5.74) is 2.28. The third-order valence-electron chi connectivity index (χ3n) is 6.20. The van der Waals surface area contributed by atoms with Gasteiger partial charge in [0.25, 0.3) is 0 Å². The topological polar surface area (TPSA) is 105 Å². The summed E-state index contributed by atoms with van der Waals surface area (Å²) in [6.07, 6.45) is 6.99. The van der Waals surface area contributed by atoms with Crippen molar-refractivity contribution >= 4 is 11.8 Å². The molecule has 0 saturated carbocycles. The minimum atomic E-state index is -0.740. The first-order valence-electron chi connectivity index (χ1n) is 14.0. The number of hydrogen-bond acceptors (Lipinski definition) is 6. The predicted octanol–water partition coefficient (Wildman–Crippen LogP) is 4.24. The SMILES string of the molecule is CC(C)CCNC(Cc1cccnc1)C(=O)NC(Cc1ccc(OCc2ccccn2)cc1)C(=O)NC(C)(C)C. The van der Waals surface area contributed by atoms with Crippen molar-refractivity contribution in [2.75, 3.05) is 6.54 Å². The number of nitrogens with zero attached hydrogens (tertiary/aromatic N) is 2. The zero-order valence-corrected chi connectivity index (χ0v) is 24.3. The molecule has 2 amide bonds. The number of amides is 2. The van der Waals surface area contributed by atoms with Crippen LogP contribution in [0, 0.1) is 5.92 Å². The molecule has 0 fully saturated rings. The molecule has 3 N–H and O–H groups in total. The highest BCUT2D eigenvalue weighted by atomic mass is 16.5. The zero-order valence-electron chi connectivity index (χ0n) is 24.3. The zero-order chi connectivity index (χ0) is 29.0. The van der Waals surface area contributed by atoms with Gasteiger partial charge in [-0.15, -0.1) is 0 Å². The number of benzene rings is 1. The number of hydrogen-bond donors (Lipinski definition) is 3. The Bertz CT molecular complexity index is 1180. The van der Waals surface area contributed by atoms with Crippen molar-refractivity contribution in [3.05, 3.63) is 90.0 Å². The van der Waals surface area contributed by atoms with Crippen LogP contribution in [-0.4, -0.2) is 45.9 Å². The van der Waals surface area contributed by atoms with Crippen molar-refractivity contribution in [2.45, 2.75) is 78.1 Å². The Morgan fingerprint density at radius 3 is 2.25 bits per heavy atom. The molecule has 8 nitrogen and oxygen atoms in total. The molecule has 1 aromatic carbocycles. The minimum Gasteiger partial charge on any atom is -0.487 e. The molecular formula is C32H43N5O3. The number of rotatable bonds is 14. The quantitative estimate of drug-likeness (QED) is 0.280. The highest BCUT2D eigenvalue weighted by molar-refractivity contribution is 5.90. The fourth-order valence-corrected chi connectivity index (χ4v) is 4.09. The van der Waals surface area contributed by atoms with Crippen molar-refractivity contribution < 1.29 is 14.3 Å². The third kappa shape index (κ3) is 11.1. The van der Waals surface area contributed by atoms with E-state index in [2.05, 4.69) is 39.8 Å². The van der Waals surface area contributed by atoms with E-state index in [4.69, 9.17) is 4.74 Å². The summed E-state index contributed by atoms with van der Waals surface area (Å²) in [6.45, 7) is 11.2. The van der Waals surface area contributed by atoms with Crippen LogP contribution in [0.5, 0.6) is 5.75 Å². The van der Waals surface area contributed by atoms with E-state index in [1.165, 1.54) is 0 Å². The molecule has 2 aromatic heterocycles. The molecule has 40 heavy (non-hydrogen) atoms. The van der Waals surface area contributed by atoms with Gasteiger partial charge in [-0.3, -0.25) is 19.6 Å². The molecule has 0 aliphatic heterocycles. The van der Waals surface area contributed by atoms with Crippen LogP contribution in [0.15, 0.2) is 73.2 Å². The number of ether oxygens (including phenoxy) is 1. The molecule has 0 aliphatic rings. The van der Waals surface area contributed by atoms with Gasteiger partial charge < -0.3 is 20.7 Å². The lowest BCUT2D eigenvalue weighted by atomic mass is 10.0. The molecule has 8 heteroatoms. The lowest BCUT2D eigenvalue weighted by Crippen LogP contribution is -2.56. The molecule has 3 rings (SSSR count). The highest BCUT2D eigenvalue weighted by Crippen LogP contribution is 2.16. The van der Waals surface area contributed by atoms with Gasteiger partial charge in [-0.05, 0) is 87.5 Å². The standard InChI is InChI=1S/C32H43N5O3/c1-23(2)15-18-35-28(20-25-9-8-16-33-21-25)30(38)36-29(31(39)37-32(3,4)5)19-24-11-13-27(14-12-24)40-22-26-10-6-7-17-34-26/h6-14,16-17,21,23,28-29,35H,15,18-20,22H2,1-5H3,(H,36,38)(H,37,39). The van der Waals surface area contributed by atoms with Crippen molar-refractivity contribution in [2.24, 2.45) is 5.92 Å². The Morgan fingerprint density at radius 2 is 1.62 bits per heavy atom. The number of carbonyl (C=O) groups is 2. The van der Waals surface area contributed by atoms with E-state index < -0.39 is 17.6 Å². The van der Waals surface area contributed by atoms with E-state index >= 15 is 0 Å². The van der Waals surface area contributed by atoms with Gasteiger partial charge in [0.15, 0.2) is 0 Å². The fraction of sp³-hybridized carbons (Fsp3) is 0.438. The monoisotopic (exact) mass is 545 g/mol. The summed E-state index contributed by atoms with van der Waals surface area (Å²) in [6, 6.07) is 15.9. The van der Waals surface area contributed by atoms with Crippen molar-refractivity contribution in [3.8, 4) is 5.75 Å². The van der Waals surface area contributed by atoms with E-state index in [0.717, 1.165) is 23.2 Å². The molecule has 2 atom stereocenters. The summed E-state index contributed by atoms with van der Waals surface area (Å²) in [5.74, 6) is 0.784. The fourth-order valence-electron chi connectivity index (χ4n) is 4.09. The molecule has 0 aliphatic carbocycles. The average molecular weight is 546 g/mol. The van der Waals surface area contributed by atoms with Crippen LogP contribution in [0.2, 0.25) is 0 Å². The van der Waals surface area contributed by atoms with E-state index in [1.807, 2.05) is 75.4 Å². The summed E-state index contributed by atoms with van der Waals surface area (Å²) in [4.78, 5) is 35.4. The van der Waals surface area contributed by atoms with E-state index in [9.17, 15) is 9.59 Å². The van der Waals surface area contributed by atoms with Crippen molar-refractivity contribution in [3.63, 3.8) is 0 Å². The number of nitrogens with one attached hydrogen (secondary N) is 3. The lowest BCUT2D eigenvalue weighted by Gasteiger charge is -2.27. The molecule has 0 spiro atoms. The largest absolute Gasteiger partial charge is 0.487 e. The normalized spacial score (nSPS) is 12.9. The maximum absolute atomic E-state index is 13.6. The molecule has 0 saturated heterocycles. The first-order chi connectivity index (χ1) is 19.1. The molecule has 0 bridgehead atoms. The summed E-state index contributed by atoms with van der Waals surface area (Å²) < 4.78 is 5.85. The second kappa shape index (κ2) is 15.1. The minimum absolute atomic E-state index is 0.211. The van der Waals surface area contributed by atoms with Gasteiger partial charge >= 0.3 is 0 Å². The summed E-state index contributed by atoms with van der Waals surface area (Å²) >= 11 is 0. The van der Waals surface area contributed by atoms with Crippen molar-refractivity contribution in [1.29, 1.82) is 0 Å². The average Bonchev–Trinajstić information content (AvgIpc) is 2.91. The van der Waals surface area contributed by atoms with Crippen molar-refractivity contribution in [1.82, 2.24) is 25.9 Å². The molecule has 2 unspecified atom stereocenters. The molecule has 0 radical (unpaired) electrons. The Kier molecular flexibility index (Phi) is 11.6. The Morgan fingerprint density at radius 1 is 0.875 bits per heavy atom. The van der Waals surface area contributed by atoms with Crippen LogP contribution in [0.4, 0.5) is 0 Å². The molecular weight excluding hydrogens is 502 g/mol. The van der Waals surface area contributed by atoms with Crippen LogP contribution in [0.25, 0.3) is 0 Å². The molecule has 3 aromatic rings. The third-order valence-corrected chi connectivity index (χ3v) is 6.20. The van der Waals surface area contributed by atoms with Gasteiger partial charge in [0.2, 0.25) is 11.8 Å². The molecule has 214 valence electrons. The maximum Gasteiger partial charge on any atom is 0.243 e. The van der Waals surface area contributed by atoms with E-state index in [0.29, 0.717) is 37.7 Å². The van der Waals surface area contributed by atoms with Crippen LogP contribution >= 0.6 is 0 Å². The Hall–Kier alpha value is -3.78. The first kappa shape index (κ1) is 30.8. The van der Waals surface area contributed by atoms with E-state index in [-0.39, 0.29) is 11.8 Å². The van der Waals surface area contributed by atoms with E-state index in [1.54, 1.807) is 18.6 Å². The van der Waals surface area contributed by atoms with Crippen LogP contribution in [0.3, 0.4) is 0 Å². The van der Waals surface area contributed by atoms with Crippen LogP contribution in [0.1, 0.15) is 57.9 Å². The van der Waals surface area contributed by atoms with Gasteiger partial charge in [-0.25, -0.2) is 0 Å². The van der Waals surface area contributed by atoms with Gasteiger partial charge in [-0.2, -0.15) is 0 Å². The predicted molar refractivity (Wildman–Crippen MR) is 158 cm³/mol. The number of aromatic nitrogens is 2. The molecule has 2 heterocycles. The summed E-state index contributed by atoms with van der Waals surface area (Å²) in [5, 5.41) is 9.46. The Balaban J connectivity index is 1.71. The first-order valence-corrected chi connectivity index (χ1v) is 14.0. The van der Waals surface area contributed by atoms with Gasteiger partial charge in [0, 0.05) is 30.6 Å². The lowest BCUT2D eigenvalue weighted by molar-refractivity contribution is -0.130. The van der Waals surface area contributed by atoms with Crippen LogP contribution in [-0.2, 0) is 29.0 Å². The smallest absolute Gasteiger partial charge is 0.243 e. The van der Waals surface area contributed by atoms with Crippen LogP contribution < -0.4 is 20.7 Å². The summed E-state index contributed by atoms with van der Waals surface area (Å²) in [7, 11) is 0. The van der Waals surface area contributed by atoms with Gasteiger partial charge in [0.05, 0.1) is 11.7 Å². The van der Waals surface area contributed by atoms with Gasteiger partial charge in [-0.1, -0.05) is 38.1 Å². The number of pyridine rings is 2. The second-order valence-corrected chi connectivity index (χ2v) is 11.5. The second-order valence-electron chi connectivity index (χ2n) is 11.5. The number of carbonyl (C=O) groups excluding carboxylic acids is 2. The highest BCUT2D eigenvalue weighted by Gasteiger charge is 2.28.